The lowest BCUT2D eigenvalue weighted by molar-refractivity contribution is 0.0959. The second kappa shape index (κ2) is 6.27. The Hall–Kier alpha value is -3.19. The fourth-order valence-electron chi connectivity index (χ4n) is 2.68. The number of aryl methyl sites for hydroxylation is 2. The molecule has 4 aromatic rings. The van der Waals surface area contributed by atoms with Gasteiger partial charge in [0.25, 0.3) is 5.91 Å². The van der Waals surface area contributed by atoms with Crippen LogP contribution in [0.2, 0.25) is 0 Å². The van der Waals surface area contributed by atoms with E-state index in [9.17, 15) is 9.59 Å². The van der Waals surface area contributed by atoms with Gasteiger partial charge in [-0.05, 0) is 43.2 Å². The summed E-state index contributed by atoms with van der Waals surface area (Å²) in [6.07, 6.45) is 0. The molecular weight excluding hydrogens is 350 g/mol. The first-order valence-corrected chi connectivity index (χ1v) is 8.80. The predicted octanol–water partition coefficient (Wildman–Crippen LogP) is 3.78. The van der Waals surface area contributed by atoms with Gasteiger partial charge in [-0.2, -0.15) is 0 Å². The number of amides is 1. The van der Waals surface area contributed by atoms with E-state index in [2.05, 4.69) is 15.8 Å². The van der Waals surface area contributed by atoms with Crippen LogP contribution in [0.25, 0.3) is 21.2 Å². The summed E-state index contributed by atoms with van der Waals surface area (Å²) in [5.41, 5.74) is 8.16. The summed E-state index contributed by atoms with van der Waals surface area (Å²) in [4.78, 5) is 28.9. The SMILES string of the molecule is Cc1ccc2sc(NNC(=O)c3cc4ccccc4oc3=O)nc2c1C. The monoisotopic (exact) mass is 365 g/mol. The predicted molar refractivity (Wildman–Crippen MR) is 103 cm³/mol. The maximum absolute atomic E-state index is 12.4. The lowest BCUT2D eigenvalue weighted by Crippen LogP contribution is -2.32. The molecule has 6 nitrogen and oxygen atoms in total. The van der Waals surface area contributed by atoms with Gasteiger partial charge in [0.05, 0.1) is 10.2 Å². The van der Waals surface area contributed by atoms with E-state index in [1.807, 2.05) is 32.0 Å². The van der Waals surface area contributed by atoms with E-state index >= 15 is 0 Å². The van der Waals surface area contributed by atoms with E-state index in [-0.39, 0.29) is 5.56 Å². The summed E-state index contributed by atoms with van der Waals surface area (Å²) < 4.78 is 6.21. The number of thiazole rings is 1. The molecule has 0 bridgehead atoms. The summed E-state index contributed by atoms with van der Waals surface area (Å²) in [5.74, 6) is -0.573. The van der Waals surface area contributed by atoms with Crippen LogP contribution in [0.4, 0.5) is 5.13 Å². The van der Waals surface area contributed by atoms with Crippen molar-refractivity contribution in [1.29, 1.82) is 0 Å². The van der Waals surface area contributed by atoms with Crippen molar-refractivity contribution in [2.45, 2.75) is 13.8 Å². The van der Waals surface area contributed by atoms with Gasteiger partial charge in [0.15, 0.2) is 0 Å². The Labute approximate surface area is 152 Å². The van der Waals surface area contributed by atoms with Crippen LogP contribution >= 0.6 is 11.3 Å². The minimum absolute atomic E-state index is 0.0654. The van der Waals surface area contributed by atoms with Crippen molar-refractivity contribution < 1.29 is 9.21 Å². The van der Waals surface area contributed by atoms with Crippen molar-refractivity contribution in [3.8, 4) is 0 Å². The maximum Gasteiger partial charge on any atom is 0.349 e. The van der Waals surface area contributed by atoms with Gasteiger partial charge < -0.3 is 4.42 Å². The number of hydrazine groups is 1. The molecule has 2 heterocycles. The summed E-state index contributed by atoms with van der Waals surface area (Å²) in [6.45, 7) is 4.04. The number of rotatable bonds is 3. The highest BCUT2D eigenvalue weighted by molar-refractivity contribution is 7.22. The van der Waals surface area contributed by atoms with Gasteiger partial charge in [-0.15, -0.1) is 0 Å². The molecule has 2 aromatic heterocycles. The fraction of sp³-hybridized carbons (Fsp3) is 0.105. The topological polar surface area (TPSA) is 84.2 Å². The smallest absolute Gasteiger partial charge is 0.349 e. The Morgan fingerprint density at radius 2 is 1.96 bits per heavy atom. The highest BCUT2D eigenvalue weighted by Crippen LogP contribution is 2.29. The molecule has 1 amide bonds. The maximum atomic E-state index is 12.4. The van der Waals surface area contributed by atoms with E-state index in [0.717, 1.165) is 21.3 Å². The number of hydrogen-bond acceptors (Lipinski definition) is 6. The number of fused-ring (bicyclic) bond motifs is 2. The first-order valence-electron chi connectivity index (χ1n) is 7.99. The third-order valence-corrected chi connectivity index (χ3v) is 5.19. The largest absolute Gasteiger partial charge is 0.422 e. The Kier molecular flexibility index (Phi) is 3.93. The molecule has 0 unspecified atom stereocenters. The van der Waals surface area contributed by atoms with E-state index in [0.29, 0.717) is 16.1 Å². The molecule has 4 rings (SSSR count). The summed E-state index contributed by atoms with van der Waals surface area (Å²) in [6, 6.07) is 12.6. The van der Waals surface area contributed by atoms with Crippen molar-refractivity contribution in [2.75, 3.05) is 5.43 Å². The highest BCUT2D eigenvalue weighted by Gasteiger charge is 2.14. The average molecular weight is 365 g/mol. The molecule has 0 atom stereocenters. The quantitative estimate of drug-likeness (QED) is 0.426. The molecule has 2 aromatic carbocycles. The Morgan fingerprint density at radius 3 is 2.81 bits per heavy atom. The number of para-hydroxylation sites is 1. The summed E-state index contributed by atoms with van der Waals surface area (Å²) >= 11 is 1.43. The van der Waals surface area contributed by atoms with Crippen LogP contribution in [0, 0.1) is 13.8 Å². The minimum Gasteiger partial charge on any atom is -0.422 e. The Morgan fingerprint density at radius 1 is 1.15 bits per heavy atom. The molecule has 7 heteroatoms. The zero-order valence-corrected chi connectivity index (χ0v) is 14.9. The van der Waals surface area contributed by atoms with Crippen LogP contribution in [0.1, 0.15) is 21.5 Å². The summed E-state index contributed by atoms with van der Waals surface area (Å²) in [5, 5.41) is 1.23. The molecule has 0 fully saturated rings. The molecular formula is C19H15N3O3S. The van der Waals surface area contributed by atoms with Gasteiger partial charge in [0.1, 0.15) is 11.1 Å². The fourth-order valence-corrected chi connectivity index (χ4v) is 3.56. The second-order valence-electron chi connectivity index (χ2n) is 5.94. The highest BCUT2D eigenvalue weighted by atomic mass is 32.1. The van der Waals surface area contributed by atoms with Crippen molar-refractivity contribution in [3.05, 3.63) is 69.6 Å². The molecule has 0 spiro atoms. The number of carbonyl (C=O) groups is 1. The average Bonchev–Trinajstić information content (AvgIpc) is 3.06. The van der Waals surface area contributed by atoms with Gasteiger partial charge in [0.2, 0.25) is 5.13 Å². The van der Waals surface area contributed by atoms with Crippen LogP contribution in [-0.2, 0) is 0 Å². The van der Waals surface area contributed by atoms with Crippen LogP contribution in [0.3, 0.4) is 0 Å². The van der Waals surface area contributed by atoms with E-state index in [1.54, 1.807) is 18.2 Å². The molecule has 0 aliphatic carbocycles. The number of anilines is 1. The molecule has 0 aliphatic rings. The van der Waals surface area contributed by atoms with E-state index < -0.39 is 11.5 Å². The number of benzene rings is 2. The molecule has 0 radical (unpaired) electrons. The van der Waals surface area contributed by atoms with Gasteiger partial charge >= 0.3 is 5.63 Å². The molecule has 26 heavy (non-hydrogen) atoms. The lowest BCUT2D eigenvalue weighted by atomic mass is 10.1. The number of carbonyl (C=O) groups excluding carboxylic acids is 1. The van der Waals surface area contributed by atoms with Crippen molar-refractivity contribution >= 4 is 43.6 Å². The Bertz CT molecular complexity index is 1210. The first kappa shape index (κ1) is 16.3. The lowest BCUT2D eigenvalue weighted by Gasteiger charge is -2.05. The minimum atomic E-state index is -0.682. The third kappa shape index (κ3) is 2.82. The molecule has 130 valence electrons. The van der Waals surface area contributed by atoms with Gasteiger partial charge in [-0.3, -0.25) is 15.6 Å². The van der Waals surface area contributed by atoms with Crippen LogP contribution in [0.5, 0.6) is 0 Å². The number of aromatic nitrogens is 1. The Balaban J connectivity index is 1.58. The molecule has 0 saturated carbocycles. The van der Waals surface area contributed by atoms with Crippen LogP contribution < -0.4 is 16.5 Å². The van der Waals surface area contributed by atoms with E-state index in [4.69, 9.17) is 4.42 Å². The second-order valence-corrected chi connectivity index (χ2v) is 6.97. The van der Waals surface area contributed by atoms with Gasteiger partial charge in [-0.1, -0.05) is 35.6 Å². The molecule has 0 saturated heterocycles. The zero-order chi connectivity index (χ0) is 18.3. The van der Waals surface area contributed by atoms with Gasteiger partial charge in [-0.25, -0.2) is 9.78 Å². The van der Waals surface area contributed by atoms with Crippen LogP contribution in [-0.4, -0.2) is 10.9 Å². The standard InChI is InChI=1S/C19H15N3O3S/c1-10-7-8-15-16(11(10)2)20-19(26-15)22-21-17(23)13-9-12-5-3-4-6-14(12)25-18(13)24/h3-9H,1-2H3,(H,20,22)(H,21,23). The van der Waals surface area contributed by atoms with Gasteiger partial charge in [0, 0.05) is 5.39 Å². The zero-order valence-electron chi connectivity index (χ0n) is 14.1. The normalized spacial score (nSPS) is 11.0. The van der Waals surface area contributed by atoms with Crippen LogP contribution in [0.15, 0.2) is 51.7 Å². The number of nitrogens with zero attached hydrogens (tertiary/aromatic N) is 1. The van der Waals surface area contributed by atoms with Crippen molar-refractivity contribution in [2.24, 2.45) is 0 Å². The first-order chi connectivity index (χ1) is 12.5. The third-order valence-electron chi connectivity index (χ3n) is 4.25. The molecule has 0 aliphatic heterocycles. The number of hydrogen-bond donors (Lipinski definition) is 2. The van der Waals surface area contributed by atoms with Crippen molar-refractivity contribution in [3.63, 3.8) is 0 Å². The van der Waals surface area contributed by atoms with E-state index in [1.165, 1.54) is 17.4 Å². The molecule has 2 N–H and O–H groups in total. The number of nitrogens with one attached hydrogen (secondary N) is 2. The summed E-state index contributed by atoms with van der Waals surface area (Å²) in [7, 11) is 0. The van der Waals surface area contributed by atoms with Crippen molar-refractivity contribution in [1.82, 2.24) is 10.4 Å².